The second-order valence-electron chi connectivity index (χ2n) is 5.77. The first kappa shape index (κ1) is 16.9. The molecule has 7 heteroatoms. The Kier molecular flexibility index (Phi) is 5.11. The SMILES string of the molecule is CN1CCN(c2ccc(NC(=O)c3cc(F)ccc3Br)cn2)CC1. The number of likely N-dealkylation sites (N-methyl/N-ethyl adjacent to an activating group) is 1. The van der Waals surface area contributed by atoms with Gasteiger partial charge in [-0.15, -0.1) is 0 Å². The predicted octanol–water partition coefficient (Wildman–Crippen LogP) is 2.99. The molecule has 5 nitrogen and oxygen atoms in total. The molecular weight excluding hydrogens is 375 g/mol. The number of benzene rings is 1. The molecule has 2 heterocycles. The van der Waals surface area contributed by atoms with Gasteiger partial charge >= 0.3 is 0 Å². The summed E-state index contributed by atoms with van der Waals surface area (Å²) >= 11 is 3.26. The lowest BCUT2D eigenvalue weighted by Crippen LogP contribution is -2.44. The number of aromatic nitrogens is 1. The van der Waals surface area contributed by atoms with Crippen LogP contribution in [0, 0.1) is 5.82 Å². The topological polar surface area (TPSA) is 48.5 Å². The summed E-state index contributed by atoms with van der Waals surface area (Å²) in [6, 6.07) is 7.71. The van der Waals surface area contributed by atoms with Crippen molar-refractivity contribution in [1.82, 2.24) is 9.88 Å². The zero-order chi connectivity index (χ0) is 17.1. The quantitative estimate of drug-likeness (QED) is 0.871. The molecule has 1 amide bonds. The Bertz CT molecular complexity index is 730. The molecule has 126 valence electrons. The van der Waals surface area contributed by atoms with Crippen molar-refractivity contribution in [3.8, 4) is 0 Å². The monoisotopic (exact) mass is 392 g/mol. The maximum atomic E-state index is 13.3. The number of hydrogen-bond acceptors (Lipinski definition) is 4. The van der Waals surface area contributed by atoms with Crippen molar-refractivity contribution in [3.63, 3.8) is 0 Å². The minimum absolute atomic E-state index is 0.248. The molecule has 1 aliphatic rings. The van der Waals surface area contributed by atoms with Crippen molar-refractivity contribution in [2.75, 3.05) is 43.4 Å². The van der Waals surface area contributed by atoms with Gasteiger partial charge in [0.25, 0.3) is 5.91 Å². The number of carbonyl (C=O) groups is 1. The average molecular weight is 393 g/mol. The van der Waals surface area contributed by atoms with Gasteiger partial charge in [-0.3, -0.25) is 4.79 Å². The lowest BCUT2D eigenvalue weighted by Gasteiger charge is -2.33. The fourth-order valence-electron chi connectivity index (χ4n) is 2.55. The van der Waals surface area contributed by atoms with Crippen LogP contribution in [0.5, 0.6) is 0 Å². The van der Waals surface area contributed by atoms with Crippen molar-refractivity contribution < 1.29 is 9.18 Å². The Morgan fingerprint density at radius 3 is 2.62 bits per heavy atom. The molecule has 1 saturated heterocycles. The fraction of sp³-hybridized carbons (Fsp3) is 0.294. The number of carbonyl (C=O) groups excluding carboxylic acids is 1. The third-order valence-electron chi connectivity index (χ3n) is 4.01. The summed E-state index contributed by atoms with van der Waals surface area (Å²) in [6.07, 6.45) is 1.62. The second kappa shape index (κ2) is 7.27. The smallest absolute Gasteiger partial charge is 0.256 e. The Morgan fingerprint density at radius 1 is 1.21 bits per heavy atom. The first-order valence-corrected chi connectivity index (χ1v) is 8.48. The largest absolute Gasteiger partial charge is 0.354 e. The zero-order valence-corrected chi connectivity index (χ0v) is 14.9. The van der Waals surface area contributed by atoms with Crippen LogP contribution in [0.4, 0.5) is 15.9 Å². The van der Waals surface area contributed by atoms with E-state index in [0.29, 0.717) is 10.2 Å². The highest BCUT2D eigenvalue weighted by molar-refractivity contribution is 9.10. The molecule has 0 aliphatic carbocycles. The van der Waals surface area contributed by atoms with Crippen LogP contribution in [0.2, 0.25) is 0 Å². The van der Waals surface area contributed by atoms with Gasteiger partial charge in [0, 0.05) is 30.7 Å². The van der Waals surface area contributed by atoms with Gasteiger partial charge in [-0.2, -0.15) is 0 Å². The van der Waals surface area contributed by atoms with Crippen molar-refractivity contribution in [3.05, 3.63) is 52.4 Å². The molecule has 24 heavy (non-hydrogen) atoms. The molecule has 1 aromatic carbocycles. The van der Waals surface area contributed by atoms with E-state index in [0.717, 1.165) is 32.0 Å². The summed E-state index contributed by atoms with van der Waals surface area (Å²) < 4.78 is 13.9. The molecule has 0 atom stereocenters. The van der Waals surface area contributed by atoms with E-state index in [1.54, 1.807) is 6.20 Å². The molecule has 0 unspecified atom stereocenters. The van der Waals surface area contributed by atoms with Crippen LogP contribution in [-0.2, 0) is 0 Å². The van der Waals surface area contributed by atoms with Crippen molar-refractivity contribution >= 4 is 33.3 Å². The summed E-state index contributed by atoms with van der Waals surface area (Å²) in [4.78, 5) is 21.2. The maximum Gasteiger partial charge on any atom is 0.256 e. The number of halogens is 2. The number of piperazine rings is 1. The number of anilines is 2. The van der Waals surface area contributed by atoms with Gasteiger partial charge in [0.1, 0.15) is 11.6 Å². The minimum Gasteiger partial charge on any atom is -0.354 e. The molecule has 0 radical (unpaired) electrons. The number of nitrogens with zero attached hydrogens (tertiary/aromatic N) is 3. The van der Waals surface area contributed by atoms with Crippen LogP contribution < -0.4 is 10.2 Å². The second-order valence-corrected chi connectivity index (χ2v) is 6.63. The van der Waals surface area contributed by atoms with Gasteiger partial charge in [-0.05, 0) is 53.3 Å². The van der Waals surface area contributed by atoms with Crippen LogP contribution in [-0.4, -0.2) is 49.0 Å². The molecule has 1 aliphatic heterocycles. The predicted molar refractivity (Wildman–Crippen MR) is 96.0 cm³/mol. The van der Waals surface area contributed by atoms with E-state index >= 15 is 0 Å². The molecule has 3 rings (SSSR count). The standard InChI is InChI=1S/C17H18BrFN4O/c1-22-6-8-23(9-7-22)16-5-3-13(11-20-16)21-17(24)14-10-12(19)2-4-15(14)18/h2-5,10-11H,6-9H2,1H3,(H,21,24). The molecule has 0 bridgehead atoms. The normalized spacial score (nSPS) is 15.4. The Hall–Kier alpha value is -1.99. The van der Waals surface area contributed by atoms with Crippen molar-refractivity contribution in [2.24, 2.45) is 0 Å². The summed E-state index contributed by atoms with van der Waals surface area (Å²) in [5, 5.41) is 2.74. The molecule has 1 aromatic heterocycles. The lowest BCUT2D eigenvalue weighted by molar-refractivity contribution is 0.102. The van der Waals surface area contributed by atoms with Gasteiger partial charge in [0.15, 0.2) is 0 Å². The third-order valence-corrected chi connectivity index (χ3v) is 4.70. The number of rotatable bonds is 3. The zero-order valence-electron chi connectivity index (χ0n) is 13.3. The Labute approximate surface area is 148 Å². The molecule has 0 saturated carbocycles. The Morgan fingerprint density at radius 2 is 1.96 bits per heavy atom. The maximum absolute atomic E-state index is 13.3. The highest BCUT2D eigenvalue weighted by Gasteiger charge is 2.16. The fourth-order valence-corrected chi connectivity index (χ4v) is 2.98. The van der Waals surface area contributed by atoms with Crippen LogP contribution >= 0.6 is 15.9 Å². The van der Waals surface area contributed by atoms with E-state index in [4.69, 9.17) is 0 Å². The Balaban J connectivity index is 1.68. The van der Waals surface area contributed by atoms with E-state index in [1.807, 2.05) is 12.1 Å². The highest BCUT2D eigenvalue weighted by Crippen LogP contribution is 2.20. The number of hydrogen-bond donors (Lipinski definition) is 1. The van der Waals surface area contributed by atoms with Crippen molar-refractivity contribution in [1.29, 1.82) is 0 Å². The molecule has 2 aromatic rings. The third kappa shape index (κ3) is 3.91. The highest BCUT2D eigenvalue weighted by atomic mass is 79.9. The number of nitrogens with one attached hydrogen (secondary N) is 1. The number of amides is 1. The molecule has 0 spiro atoms. The van der Waals surface area contributed by atoms with Gasteiger partial charge in [0.05, 0.1) is 17.4 Å². The van der Waals surface area contributed by atoms with Gasteiger partial charge < -0.3 is 15.1 Å². The molecule has 1 fully saturated rings. The molecular formula is C17H18BrFN4O. The lowest BCUT2D eigenvalue weighted by atomic mass is 10.2. The first-order chi connectivity index (χ1) is 11.5. The van der Waals surface area contributed by atoms with E-state index < -0.39 is 5.82 Å². The van der Waals surface area contributed by atoms with Gasteiger partial charge in [0.2, 0.25) is 0 Å². The van der Waals surface area contributed by atoms with E-state index in [2.05, 4.69) is 43.1 Å². The first-order valence-electron chi connectivity index (χ1n) is 7.69. The van der Waals surface area contributed by atoms with Crippen LogP contribution in [0.3, 0.4) is 0 Å². The number of pyridine rings is 1. The van der Waals surface area contributed by atoms with Gasteiger partial charge in [-0.1, -0.05) is 0 Å². The summed E-state index contributed by atoms with van der Waals surface area (Å²) in [5.41, 5.74) is 0.826. The van der Waals surface area contributed by atoms with Crippen LogP contribution in [0.25, 0.3) is 0 Å². The van der Waals surface area contributed by atoms with Crippen LogP contribution in [0.15, 0.2) is 41.0 Å². The average Bonchev–Trinajstić information content (AvgIpc) is 2.58. The summed E-state index contributed by atoms with van der Waals surface area (Å²) in [7, 11) is 2.11. The van der Waals surface area contributed by atoms with E-state index in [1.165, 1.54) is 18.2 Å². The van der Waals surface area contributed by atoms with Crippen molar-refractivity contribution in [2.45, 2.75) is 0 Å². The van der Waals surface area contributed by atoms with Gasteiger partial charge in [-0.25, -0.2) is 9.37 Å². The van der Waals surface area contributed by atoms with E-state index in [-0.39, 0.29) is 11.5 Å². The minimum atomic E-state index is -0.452. The van der Waals surface area contributed by atoms with E-state index in [9.17, 15) is 9.18 Å². The summed E-state index contributed by atoms with van der Waals surface area (Å²) in [5.74, 6) is 0.0652. The van der Waals surface area contributed by atoms with Crippen LogP contribution in [0.1, 0.15) is 10.4 Å². The molecule has 1 N–H and O–H groups in total. The summed E-state index contributed by atoms with van der Waals surface area (Å²) in [6.45, 7) is 3.89.